The van der Waals surface area contributed by atoms with E-state index in [1.54, 1.807) is 0 Å². The van der Waals surface area contributed by atoms with Crippen molar-refractivity contribution in [3.63, 3.8) is 0 Å². The van der Waals surface area contributed by atoms with Gasteiger partial charge in [0.1, 0.15) is 0 Å². The van der Waals surface area contributed by atoms with Crippen LogP contribution in [0.2, 0.25) is 0 Å². The van der Waals surface area contributed by atoms with Crippen LogP contribution in [0.15, 0.2) is 24.3 Å². The van der Waals surface area contributed by atoms with Crippen molar-refractivity contribution in [2.75, 3.05) is 13.1 Å². The summed E-state index contributed by atoms with van der Waals surface area (Å²) in [5, 5.41) is 2.71. The maximum atomic E-state index is 2.39. The predicted molar refractivity (Wildman–Crippen MR) is 101 cm³/mol. The molecule has 2 aromatic rings. The zero-order chi connectivity index (χ0) is 17.4. The van der Waals surface area contributed by atoms with Crippen molar-refractivity contribution in [1.82, 2.24) is 9.15 Å². The third-order valence-corrected chi connectivity index (χ3v) is 4.85. The average Bonchev–Trinajstić information content (AvgIpc) is 2.46. The van der Waals surface area contributed by atoms with Crippen molar-refractivity contribution >= 4 is 0 Å². The van der Waals surface area contributed by atoms with Gasteiger partial charge in [-0.25, -0.2) is 0 Å². The largest absolute Gasteiger partial charge is 0.382 e. The summed E-state index contributed by atoms with van der Waals surface area (Å²) in [6, 6.07) is 9.10. The molecule has 1 aliphatic rings. The summed E-state index contributed by atoms with van der Waals surface area (Å²) in [5.74, 6) is 0. The number of rotatable bonds is 0. The summed E-state index contributed by atoms with van der Waals surface area (Å²) in [4.78, 5) is 0. The molecule has 1 aliphatic heterocycles. The molecule has 2 heteroatoms. The van der Waals surface area contributed by atoms with Gasteiger partial charge in [-0.05, 0) is 10.7 Å². The number of nitrogens with zero attached hydrogens (tertiary/aromatic N) is 2. The Morgan fingerprint density at radius 1 is 0.667 bits per heavy atom. The van der Waals surface area contributed by atoms with E-state index in [1.807, 2.05) is 0 Å². The van der Waals surface area contributed by atoms with Crippen molar-refractivity contribution in [3.05, 3.63) is 81.5 Å². The van der Waals surface area contributed by atoms with Crippen LogP contribution in [0.1, 0.15) is 33.4 Å². The fourth-order valence-corrected chi connectivity index (χ4v) is 4.15. The van der Waals surface area contributed by atoms with E-state index in [9.17, 15) is 0 Å². The van der Waals surface area contributed by atoms with Gasteiger partial charge in [0.25, 0.3) is 0 Å². The van der Waals surface area contributed by atoms with E-state index < -0.39 is 0 Å². The Balaban J connectivity index is 2.04. The summed E-state index contributed by atoms with van der Waals surface area (Å²) < 4.78 is 4.78. The average molecular weight is 320 g/mol. The van der Waals surface area contributed by atoms with Gasteiger partial charge < -0.3 is 9.15 Å². The highest BCUT2D eigenvalue weighted by Gasteiger charge is 2.09. The third kappa shape index (κ3) is 3.06. The lowest BCUT2D eigenvalue weighted by atomic mass is 10.1. The molecule has 0 unspecified atom stereocenters. The number of hydrogen-bond donors (Lipinski definition) is 0. The molecule has 0 radical (unpaired) electrons. The summed E-state index contributed by atoms with van der Waals surface area (Å²) >= 11 is 0. The smallest absolute Gasteiger partial charge is 0.170 e. The number of benzene rings is 2. The number of hydrogen-bond acceptors (Lipinski definition) is 0. The van der Waals surface area contributed by atoms with Crippen LogP contribution in [-0.4, -0.2) is 13.1 Å². The number of aryl methyl sites for hydroxylation is 6. The topological polar surface area (TPSA) is 6.02 Å². The van der Waals surface area contributed by atoms with Crippen molar-refractivity contribution in [3.8, 4) is 0 Å². The van der Waals surface area contributed by atoms with Crippen LogP contribution < -0.4 is 19.9 Å². The molecule has 0 saturated carbocycles. The van der Waals surface area contributed by atoms with E-state index in [2.05, 4.69) is 88.0 Å². The first-order valence-electron chi connectivity index (χ1n) is 8.74. The Hall–Kier alpha value is -2.22. The number of piperazine rings is 1. The summed E-state index contributed by atoms with van der Waals surface area (Å²) in [6.45, 7) is 19.7. The maximum Gasteiger partial charge on any atom is 0.170 e. The first-order chi connectivity index (χ1) is 11.4. The lowest BCUT2D eigenvalue weighted by molar-refractivity contribution is 0.509. The van der Waals surface area contributed by atoms with Gasteiger partial charge in [0.05, 0.1) is 0 Å². The van der Waals surface area contributed by atoms with E-state index in [0.29, 0.717) is 0 Å². The summed E-state index contributed by atoms with van der Waals surface area (Å²) in [7, 11) is 0. The van der Waals surface area contributed by atoms with Gasteiger partial charge in [0.15, 0.2) is 13.1 Å². The second kappa shape index (κ2) is 6.35. The van der Waals surface area contributed by atoms with E-state index in [0.717, 1.165) is 13.1 Å². The Morgan fingerprint density at radius 3 is 1.21 bits per heavy atom. The standard InChI is InChI=1S/C22H28N2/c1-15-11-17(3)21(18(4)12-15)23-7-9-24(10-8-23)22-19(5)13-16(2)14-20(22)6/h7,9,11-14H,8,10H2,1-6H3/q-2. The van der Waals surface area contributed by atoms with Crippen LogP contribution in [0, 0.1) is 54.6 Å². The Morgan fingerprint density at radius 2 is 0.958 bits per heavy atom. The van der Waals surface area contributed by atoms with E-state index in [4.69, 9.17) is 0 Å². The van der Waals surface area contributed by atoms with Crippen molar-refractivity contribution < 1.29 is 0 Å². The minimum absolute atomic E-state index is 1.01. The second-order valence-electron chi connectivity index (χ2n) is 7.18. The summed E-state index contributed by atoms with van der Waals surface area (Å²) in [5.41, 5.74) is 8.09. The first kappa shape index (κ1) is 16.6. The van der Waals surface area contributed by atoms with Gasteiger partial charge in [-0.1, -0.05) is 41.5 Å². The van der Waals surface area contributed by atoms with Crippen LogP contribution >= 0.6 is 0 Å². The Bertz CT molecular complexity index is 778. The van der Waals surface area contributed by atoms with Crippen molar-refractivity contribution in [2.24, 2.45) is 0 Å². The molecule has 3 rings (SSSR count). The Kier molecular flexibility index (Phi) is 4.40. The normalized spacial score (nSPS) is 14.4. The molecule has 0 spiro atoms. The Labute approximate surface area is 145 Å². The van der Waals surface area contributed by atoms with Gasteiger partial charge in [0, 0.05) is 13.1 Å². The molecule has 0 N–H and O–H groups in total. The molecule has 1 fully saturated rings. The molecular weight excluding hydrogens is 292 g/mol. The third-order valence-electron chi connectivity index (χ3n) is 4.85. The highest BCUT2D eigenvalue weighted by Crippen LogP contribution is 2.05. The quantitative estimate of drug-likeness (QED) is 0.520. The van der Waals surface area contributed by atoms with E-state index in [1.165, 1.54) is 44.1 Å². The molecule has 0 atom stereocenters. The molecule has 0 bridgehead atoms. The minimum Gasteiger partial charge on any atom is -0.382 e. The fraction of sp³-hybridized carbons (Fsp3) is 0.364. The molecule has 24 heavy (non-hydrogen) atoms. The summed E-state index contributed by atoms with van der Waals surface area (Å²) in [6.07, 6.45) is 0. The zero-order valence-corrected chi connectivity index (χ0v) is 15.8. The zero-order valence-electron chi connectivity index (χ0n) is 15.8. The van der Waals surface area contributed by atoms with Crippen LogP contribution in [0.3, 0.4) is 0 Å². The van der Waals surface area contributed by atoms with Crippen LogP contribution in [0.5, 0.6) is 0 Å². The molecule has 128 valence electrons. The van der Waals surface area contributed by atoms with E-state index >= 15 is 0 Å². The molecule has 1 heterocycles. The van der Waals surface area contributed by atoms with Gasteiger partial charge in [0.2, 0.25) is 0 Å². The first-order valence-corrected chi connectivity index (χ1v) is 8.74. The van der Waals surface area contributed by atoms with Gasteiger partial charge in [-0.3, -0.25) is 0 Å². The molecular formula is C22H28N2-2. The molecule has 0 aliphatic carbocycles. The monoisotopic (exact) mass is 320 g/mol. The van der Waals surface area contributed by atoms with Crippen molar-refractivity contribution in [2.45, 2.75) is 41.5 Å². The van der Waals surface area contributed by atoms with Crippen LogP contribution in [0.25, 0.3) is 0 Å². The second-order valence-corrected chi connectivity index (χ2v) is 7.18. The molecule has 2 aromatic carbocycles. The molecule has 0 amide bonds. The van der Waals surface area contributed by atoms with Gasteiger partial charge in [-0.15, -0.1) is 0 Å². The minimum atomic E-state index is 1.01. The van der Waals surface area contributed by atoms with Gasteiger partial charge >= 0.3 is 0 Å². The maximum absolute atomic E-state index is 2.39. The highest BCUT2D eigenvalue weighted by atomic mass is 15.1. The van der Waals surface area contributed by atoms with Crippen LogP contribution in [0.4, 0.5) is 0 Å². The lowest BCUT2D eigenvalue weighted by Gasteiger charge is -2.29. The fourth-order valence-electron chi connectivity index (χ4n) is 4.15. The van der Waals surface area contributed by atoms with Crippen LogP contribution in [-0.2, 0) is 0 Å². The SMILES string of the molecule is Cc1c[c-](C)cc(C)c1=[N+]1[CH-][CH-][N+](=c2c(C)c[c-](C)cc2C)CC1. The molecule has 0 aromatic heterocycles. The molecule has 2 nitrogen and oxygen atoms in total. The van der Waals surface area contributed by atoms with Crippen molar-refractivity contribution in [1.29, 1.82) is 0 Å². The van der Waals surface area contributed by atoms with Gasteiger partial charge in [-0.2, -0.15) is 57.6 Å². The lowest BCUT2D eigenvalue weighted by Crippen LogP contribution is -2.46. The predicted octanol–water partition coefficient (Wildman–Crippen LogP) is 2.56. The van der Waals surface area contributed by atoms with E-state index in [-0.39, 0.29) is 0 Å². The highest BCUT2D eigenvalue weighted by molar-refractivity contribution is 5.29. The molecule has 1 saturated heterocycles.